The average Bonchev–Trinajstić information content (AvgIpc) is 2.98. The van der Waals surface area contributed by atoms with Crippen molar-refractivity contribution >= 4 is 17.6 Å². The van der Waals surface area contributed by atoms with Gasteiger partial charge in [-0.2, -0.15) is 0 Å². The van der Waals surface area contributed by atoms with Gasteiger partial charge in [-0.1, -0.05) is 30.6 Å². The lowest BCUT2D eigenvalue weighted by atomic mass is 9.91. The SMILES string of the molecule is CCCC(CC(=O)NCC(=O)Nc1cc(C)on1)c1ccc(F)cc1. The van der Waals surface area contributed by atoms with Gasteiger partial charge in [0.1, 0.15) is 11.6 Å². The van der Waals surface area contributed by atoms with Crippen molar-refractivity contribution in [3.05, 3.63) is 47.5 Å². The van der Waals surface area contributed by atoms with Crippen LogP contribution in [0.2, 0.25) is 0 Å². The first-order valence-electron chi connectivity index (χ1n) is 8.23. The zero-order valence-corrected chi connectivity index (χ0v) is 14.3. The Balaban J connectivity index is 1.84. The first kappa shape index (κ1) is 18.6. The van der Waals surface area contributed by atoms with Crippen LogP contribution in [0.25, 0.3) is 0 Å². The van der Waals surface area contributed by atoms with Crippen molar-refractivity contribution in [1.82, 2.24) is 10.5 Å². The van der Waals surface area contributed by atoms with E-state index in [1.807, 2.05) is 6.92 Å². The van der Waals surface area contributed by atoms with Crippen molar-refractivity contribution in [2.45, 2.75) is 39.0 Å². The topological polar surface area (TPSA) is 84.2 Å². The third-order valence-corrected chi connectivity index (χ3v) is 3.75. The van der Waals surface area contributed by atoms with Crippen molar-refractivity contribution in [2.75, 3.05) is 11.9 Å². The summed E-state index contributed by atoms with van der Waals surface area (Å²) in [7, 11) is 0. The molecule has 1 atom stereocenters. The second kappa shape index (κ2) is 8.96. The molecule has 0 aliphatic heterocycles. The van der Waals surface area contributed by atoms with Crippen molar-refractivity contribution in [3.8, 4) is 0 Å². The van der Waals surface area contributed by atoms with E-state index in [4.69, 9.17) is 4.52 Å². The maximum atomic E-state index is 13.1. The van der Waals surface area contributed by atoms with Gasteiger partial charge in [-0.15, -0.1) is 0 Å². The summed E-state index contributed by atoms with van der Waals surface area (Å²) in [5.41, 5.74) is 0.918. The average molecular weight is 347 g/mol. The molecule has 0 aliphatic carbocycles. The number of halogens is 1. The Morgan fingerprint density at radius 3 is 2.56 bits per heavy atom. The van der Waals surface area contributed by atoms with E-state index in [0.29, 0.717) is 11.6 Å². The molecule has 2 aromatic rings. The Labute approximate surface area is 145 Å². The van der Waals surface area contributed by atoms with Gasteiger partial charge in [-0.25, -0.2) is 4.39 Å². The fraction of sp³-hybridized carbons (Fsp3) is 0.389. The molecule has 1 aromatic carbocycles. The molecule has 0 fully saturated rings. The molecular weight excluding hydrogens is 325 g/mol. The van der Waals surface area contributed by atoms with Gasteiger partial charge in [0, 0.05) is 12.5 Å². The summed E-state index contributed by atoms with van der Waals surface area (Å²) < 4.78 is 17.9. The molecule has 2 amide bonds. The molecule has 2 N–H and O–H groups in total. The van der Waals surface area contributed by atoms with Crippen LogP contribution in [-0.4, -0.2) is 23.5 Å². The summed E-state index contributed by atoms with van der Waals surface area (Å²) in [6.07, 6.45) is 1.96. The largest absolute Gasteiger partial charge is 0.360 e. The van der Waals surface area contributed by atoms with Crippen LogP contribution in [0.15, 0.2) is 34.9 Å². The van der Waals surface area contributed by atoms with Gasteiger partial charge in [-0.3, -0.25) is 9.59 Å². The number of nitrogens with zero attached hydrogens (tertiary/aromatic N) is 1. The molecule has 2 rings (SSSR count). The highest BCUT2D eigenvalue weighted by Crippen LogP contribution is 2.25. The van der Waals surface area contributed by atoms with Crippen LogP contribution in [0.4, 0.5) is 10.2 Å². The van der Waals surface area contributed by atoms with Crippen molar-refractivity contribution in [3.63, 3.8) is 0 Å². The number of aromatic nitrogens is 1. The van der Waals surface area contributed by atoms with Crippen LogP contribution in [0.5, 0.6) is 0 Å². The molecule has 0 radical (unpaired) electrons. The number of anilines is 1. The number of benzene rings is 1. The van der Waals surface area contributed by atoms with Crippen LogP contribution in [0.1, 0.15) is 43.4 Å². The van der Waals surface area contributed by atoms with E-state index >= 15 is 0 Å². The maximum absolute atomic E-state index is 13.1. The summed E-state index contributed by atoms with van der Waals surface area (Å²) in [4.78, 5) is 23.9. The van der Waals surface area contributed by atoms with Crippen LogP contribution >= 0.6 is 0 Å². The molecule has 0 aliphatic rings. The van der Waals surface area contributed by atoms with Gasteiger partial charge in [0.2, 0.25) is 11.8 Å². The van der Waals surface area contributed by atoms with Crippen LogP contribution < -0.4 is 10.6 Å². The van der Waals surface area contributed by atoms with Gasteiger partial charge < -0.3 is 15.2 Å². The zero-order valence-electron chi connectivity index (χ0n) is 14.3. The van der Waals surface area contributed by atoms with Gasteiger partial charge in [0.15, 0.2) is 5.82 Å². The van der Waals surface area contributed by atoms with Crippen LogP contribution in [0.3, 0.4) is 0 Å². The van der Waals surface area contributed by atoms with E-state index in [0.717, 1.165) is 18.4 Å². The van der Waals surface area contributed by atoms with E-state index in [2.05, 4.69) is 15.8 Å². The van der Waals surface area contributed by atoms with Gasteiger partial charge in [0.05, 0.1) is 6.54 Å². The number of carbonyl (C=O) groups excluding carboxylic acids is 2. The number of rotatable bonds is 8. The summed E-state index contributed by atoms with van der Waals surface area (Å²) in [5.74, 6) is -0.0206. The second-order valence-electron chi connectivity index (χ2n) is 5.89. The quantitative estimate of drug-likeness (QED) is 0.768. The standard InChI is InChI=1S/C18H22FN3O3/c1-3-4-14(13-5-7-15(19)8-6-13)10-17(23)20-11-18(24)21-16-9-12(2)25-22-16/h5-9,14H,3-4,10-11H2,1-2H3,(H,20,23)(H,21,22,24). The molecule has 0 saturated carbocycles. The Kier molecular flexibility index (Phi) is 6.68. The molecule has 1 heterocycles. The molecule has 0 bridgehead atoms. The smallest absolute Gasteiger partial charge is 0.245 e. The lowest BCUT2D eigenvalue weighted by molar-refractivity contribution is -0.124. The van der Waals surface area contributed by atoms with Crippen molar-refractivity contribution < 1.29 is 18.5 Å². The van der Waals surface area contributed by atoms with Crippen molar-refractivity contribution in [1.29, 1.82) is 0 Å². The van der Waals surface area contributed by atoms with E-state index in [1.165, 1.54) is 12.1 Å². The Hall–Kier alpha value is -2.70. The second-order valence-corrected chi connectivity index (χ2v) is 5.89. The number of nitrogens with one attached hydrogen (secondary N) is 2. The fourth-order valence-corrected chi connectivity index (χ4v) is 2.56. The Bertz CT molecular complexity index is 713. The third kappa shape index (κ3) is 6.02. The minimum atomic E-state index is -0.379. The molecule has 1 unspecified atom stereocenters. The predicted molar refractivity (Wildman–Crippen MR) is 91.5 cm³/mol. The summed E-state index contributed by atoms with van der Waals surface area (Å²) in [6, 6.07) is 7.77. The lowest BCUT2D eigenvalue weighted by Crippen LogP contribution is -2.33. The monoisotopic (exact) mass is 347 g/mol. The molecule has 25 heavy (non-hydrogen) atoms. The minimum Gasteiger partial charge on any atom is -0.360 e. The first-order valence-corrected chi connectivity index (χ1v) is 8.23. The van der Waals surface area contributed by atoms with Crippen LogP contribution in [-0.2, 0) is 9.59 Å². The molecular formula is C18H22FN3O3. The number of hydrogen-bond acceptors (Lipinski definition) is 4. The Morgan fingerprint density at radius 2 is 1.96 bits per heavy atom. The lowest BCUT2D eigenvalue weighted by Gasteiger charge is -2.16. The molecule has 6 nitrogen and oxygen atoms in total. The molecule has 134 valence electrons. The number of aryl methyl sites for hydroxylation is 1. The third-order valence-electron chi connectivity index (χ3n) is 3.75. The van der Waals surface area contributed by atoms with E-state index in [9.17, 15) is 14.0 Å². The summed E-state index contributed by atoms with van der Waals surface area (Å²) in [5, 5.41) is 8.78. The highest BCUT2D eigenvalue weighted by Gasteiger charge is 2.16. The maximum Gasteiger partial charge on any atom is 0.245 e. The Morgan fingerprint density at radius 1 is 1.24 bits per heavy atom. The number of hydrogen-bond donors (Lipinski definition) is 2. The minimum absolute atomic E-state index is 0.00755. The van der Waals surface area contributed by atoms with Gasteiger partial charge in [0.25, 0.3) is 0 Å². The summed E-state index contributed by atoms with van der Waals surface area (Å²) >= 11 is 0. The fourth-order valence-electron chi connectivity index (χ4n) is 2.56. The van der Waals surface area contributed by atoms with Gasteiger partial charge in [-0.05, 0) is 37.0 Å². The van der Waals surface area contributed by atoms with Gasteiger partial charge >= 0.3 is 0 Å². The number of carbonyl (C=O) groups is 2. The molecule has 0 spiro atoms. The molecule has 7 heteroatoms. The van der Waals surface area contributed by atoms with Crippen molar-refractivity contribution in [2.24, 2.45) is 0 Å². The first-order chi connectivity index (χ1) is 12.0. The van der Waals surface area contributed by atoms with E-state index in [-0.39, 0.29) is 36.5 Å². The molecule has 0 saturated heterocycles. The number of amides is 2. The predicted octanol–water partition coefficient (Wildman–Crippen LogP) is 3.15. The summed E-state index contributed by atoms with van der Waals surface area (Å²) in [6.45, 7) is 3.60. The van der Waals surface area contributed by atoms with Crippen LogP contribution in [0, 0.1) is 12.7 Å². The molecule has 1 aromatic heterocycles. The normalized spacial score (nSPS) is 11.8. The zero-order chi connectivity index (χ0) is 18.2. The van der Waals surface area contributed by atoms with E-state index < -0.39 is 0 Å². The van der Waals surface area contributed by atoms with E-state index in [1.54, 1.807) is 25.1 Å². The highest BCUT2D eigenvalue weighted by molar-refractivity contribution is 5.93. The highest BCUT2D eigenvalue weighted by atomic mass is 19.1.